The van der Waals surface area contributed by atoms with Crippen LogP contribution < -0.4 is 14.8 Å². The van der Waals surface area contributed by atoms with E-state index in [1.165, 1.54) is 12.1 Å². The van der Waals surface area contributed by atoms with Crippen molar-refractivity contribution in [3.05, 3.63) is 59.1 Å². The molecule has 2 aromatic carbocycles. The van der Waals surface area contributed by atoms with Crippen molar-refractivity contribution >= 4 is 27.5 Å². The van der Waals surface area contributed by atoms with Gasteiger partial charge >= 0.3 is 0 Å². The minimum atomic E-state index is -3.58. The maximum atomic E-state index is 12.1. The van der Waals surface area contributed by atoms with Crippen LogP contribution in [0, 0.1) is 6.92 Å². The molecule has 134 valence electrons. The number of nitrogens with one attached hydrogen (secondary N) is 2. The molecular formula is C17H19ClN2O4S. The number of sulfonamides is 1. The van der Waals surface area contributed by atoms with Gasteiger partial charge in [0.25, 0.3) is 5.91 Å². The first kappa shape index (κ1) is 19.2. The zero-order chi connectivity index (χ0) is 18.3. The highest BCUT2D eigenvalue weighted by Crippen LogP contribution is 2.16. The fourth-order valence-electron chi connectivity index (χ4n) is 1.94. The molecule has 0 fully saturated rings. The highest BCUT2D eigenvalue weighted by atomic mass is 35.5. The highest BCUT2D eigenvalue weighted by Gasteiger charge is 2.12. The predicted octanol–water partition coefficient (Wildman–Crippen LogP) is 2.12. The van der Waals surface area contributed by atoms with E-state index in [0.717, 1.165) is 5.56 Å². The average molecular weight is 383 g/mol. The summed E-state index contributed by atoms with van der Waals surface area (Å²) in [5.41, 5.74) is 0.978. The normalized spacial score (nSPS) is 11.1. The Labute approximate surface area is 152 Å². The summed E-state index contributed by atoms with van der Waals surface area (Å²) >= 11 is 5.82. The summed E-state index contributed by atoms with van der Waals surface area (Å²) in [6.45, 7) is 1.94. The summed E-state index contributed by atoms with van der Waals surface area (Å²) in [5, 5.41) is 3.09. The zero-order valence-electron chi connectivity index (χ0n) is 13.7. The summed E-state index contributed by atoms with van der Waals surface area (Å²) < 4.78 is 31.9. The van der Waals surface area contributed by atoms with Gasteiger partial charge in [0.05, 0.1) is 4.90 Å². The SMILES string of the molecule is Cc1ccc(S(=O)(=O)NCCNC(=O)COc2cccc(Cl)c2)cc1. The molecule has 0 spiro atoms. The third kappa shape index (κ3) is 6.38. The van der Waals surface area contributed by atoms with Crippen molar-refractivity contribution in [3.63, 3.8) is 0 Å². The molecule has 0 bridgehead atoms. The molecule has 0 aromatic heterocycles. The van der Waals surface area contributed by atoms with Crippen molar-refractivity contribution in [3.8, 4) is 5.75 Å². The number of halogens is 1. The molecule has 2 aromatic rings. The van der Waals surface area contributed by atoms with Gasteiger partial charge < -0.3 is 10.1 Å². The van der Waals surface area contributed by atoms with Crippen molar-refractivity contribution in [1.29, 1.82) is 0 Å². The number of ether oxygens (including phenoxy) is 1. The Bertz CT molecular complexity index is 823. The van der Waals surface area contributed by atoms with Crippen LogP contribution in [0.3, 0.4) is 0 Å². The number of aryl methyl sites for hydroxylation is 1. The second kappa shape index (κ2) is 8.84. The number of hydrogen-bond acceptors (Lipinski definition) is 4. The lowest BCUT2D eigenvalue weighted by Crippen LogP contribution is -2.36. The molecule has 0 atom stereocenters. The standard InChI is InChI=1S/C17H19ClN2O4S/c1-13-5-7-16(8-6-13)25(22,23)20-10-9-19-17(21)12-24-15-4-2-3-14(18)11-15/h2-8,11,20H,9-10,12H2,1H3,(H,19,21). The minimum absolute atomic E-state index is 0.0825. The largest absolute Gasteiger partial charge is 0.484 e. The van der Waals surface area contributed by atoms with Gasteiger partial charge in [-0.1, -0.05) is 35.4 Å². The summed E-state index contributed by atoms with van der Waals surface area (Å²) in [6, 6.07) is 13.2. The Hall–Kier alpha value is -2.09. The van der Waals surface area contributed by atoms with Crippen LogP contribution in [0.25, 0.3) is 0 Å². The number of rotatable bonds is 8. The van der Waals surface area contributed by atoms with E-state index < -0.39 is 10.0 Å². The first-order valence-corrected chi connectivity index (χ1v) is 9.44. The van der Waals surface area contributed by atoms with Crippen LogP contribution in [0.1, 0.15) is 5.56 Å². The first-order valence-electron chi connectivity index (χ1n) is 7.58. The van der Waals surface area contributed by atoms with Crippen molar-refractivity contribution in [2.45, 2.75) is 11.8 Å². The molecule has 0 saturated heterocycles. The summed E-state index contributed by atoms with van der Waals surface area (Å²) in [7, 11) is -3.58. The fourth-order valence-corrected chi connectivity index (χ4v) is 3.16. The van der Waals surface area contributed by atoms with Crippen molar-refractivity contribution < 1.29 is 17.9 Å². The molecule has 0 aliphatic carbocycles. The van der Waals surface area contributed by atoms with Crippen LogP contribution in [-0.4, -0.2) is 34.0 Å². The molecule has 0 aliphatic rings. The van der Waals surface area contributed by atoms with Gasteiger partial charge in [-0.05, 0) is 37.3 Å². The van der Waals surface area contributed by atoms with E-state index in [-0.39, 0.29) is 30.5 Å². The van der Waals surface area contributed by atoms with Crippen molar-refractivity contribution in [2.24, 2.45) is 0 Å². The van der Waals surface area contributed by atoms with Crippen LogP contribution in [-0.2, 0) is 14.8 Å². The Balaban J connectivity index is 1.71. The Morgan fingerprint density at radius 3 is 2.52 bits per heavy atom. The quantitative estimate of drug-likeness (QED) is 0.685. The van der Waals surface area contributed by atoms with Crippen LogP contribution in [0.15, 0.2) is 53.4 Å². The molecule has 0 radical (unpaired) electrons. The summed E-state index contributed by atoms with van der Waals surface area (Å²) in [5.74, 6) is 0.136. The van der Waals surface area contributed by atoms with Gasteiger partial charge in [0.2, 0.25) is 10.0 Å². The lowest BCUT2D eigenvalue weighted by Gasteiger charge is -2.09. The third-order valence-electron chi connectivity index (χ3n) is 3.24. The summed E-state index contributed by atoms with van der Waals surface area (Å²) in [6.07, 6.45) is 0. The molecule has 6 nitrogen and oxygen atoms in total. The smallest absolute Gasteiger partial charge is 0.257 e. The maximum absolute atomic E-state index is 12.1. The molecule has 0 unspecified atom stereocenters. The van der Waals surface area contributed by atoms with E-state index in [1.807, 2.05) is 6.92 Å². The molecular weight excluding hydrogens is 364 g/mol. The van der Waals surface area contributed by atoms with Crippen molar-refractivity contribution in [2.75, 3.05) is 19.7 Å². The van der Waals surface area contributed by atoms with E-state index in [9.17, 15) is 13.2 Å². The predicted molar refractivity (Wildman–Crippen MR) is 96.3 cm³/mol. The van der Waals surface area contributed by atoms with Gasteiger partial charge in [-0.2, -0.15) is 0 Å². The zero-order valence-corrected chi connectivity index (χ0v) is 15.2. The van der Waals surface area contributed by atoms with Crippen LogP contribution >= 0.6 is 11.6 Å². The van der Waals surface area contributed by atoms with Crippen LogP contribution in [0.4, 0.5) is 0 Å². The van der Waals surface area contributed by atoms with Gasteiger partial charge in [0.15, 0.2) is 6.61 Å². The monoisotopic (exact) mass is 382 g/mol. The lowest BCUT2D eigenvalue weighted by atomic mass is 10.2. The molecule has 8 heteroatoms. The van der Waals surface area contributed by atoms with Crippen molar-refractivity contribution in [1.82, 2.24) is 10.0 Å². The first-order chi connectivity index (χ1) is 11.9. The Morgan fingerprint density at radius 2 is 1.84 bits per heavy atom. The Morgan fingerprint density at radius 1 is 1.12 bits per heavy atom. The molecule has 2 rings (SSSR count). The molecule has 1 amide bonds. The molecule has 0 saturated carbocycles. The summed E-state index contributed by atoms with van der Waals surface area (Å²) in [4.78, 5) is 11.9. The Kier molecular flexibility index (Phi) is 6.81. The molecule has 0 heterocycles. The van der Waals surface area contributed by atoms with Gasteiger partial charge in [-0.25, -0.2) is 13.1 Å². The number of carbonyl (C=O) groups excluding carboxylic acids is 1. The third-order valence-corrected chi connectivity index (χ3v) is 4.95. The van der Waals surface area contributed by atoms with E-state index >= 15 is 0 Å². The highest BCUT2D eigenvalue weighted by molar-refractivity contribution is 7.89. The van der Waals surface area contributed by atoms with Gasteiger partial charge in [-0.15, -0.1) is 0 Å². The van der Waals surface area contributed by atoms with E-state index in [1.54, 1.807) is 36.4 Å². The van der Waals surface area contributed by atoms with Gasteiger partial charge in [-0.3, -0.25) is 4.79 Å². The second-order valence-electron chi connectivity index (χ2n) is 5.31. The minimum Gasteiger partial charge on any atom is -0.484 e. The van der Waals surface area contributed by atoms with Gasteiger partial charge in [0.1, 0.15) is 5.75 Å². The lowest BCUT2D eigenvalue weighted by molar-refractivity contribution is -0.123. The van der Waals surface area contributed by atoms with Crippen LogP contribution in [0.5, 0.6) is 5.75 Å². The number of carbonyl (C=O) groups is 1. The topological polar surface area (TPSA) is 84.5 Å². The second-order valence-corrected chi connectivity index (χ2v) is 7.51. The number of benzene rings is 2. The molecule has 0 aliphatic heterocycles. The average Bonchev–Trinajstić information content (AvgIpc) is 2.57. The van der Waals surface area contributed by atoms with E-state index in [4.69, 9.17) is 16.3 Å². The fraction of sp³-hybridized carbons (Fsp3) is 0.235. The van der Waals surface area contributed by atoms with E-state index in [0.29, 0.717) is 10.8 Å². The van der Waals surface area contributed by atoms with E-state index in [2.05, 4.69) is 10.0 Å². The molecule has 2 N–H and O–H groups in total. The van der Waals surface area contributed by atoms with Crippen LogP contribution in [0.2, 0.25) is 5.02 Å². The van der Waals surface area contributed by atoms with Gasteiger partial charge in [0, 0.05) is 18.1 Å². The molecule has 25 heavy (non-hydrogen) atoms. The number of hydrogen-bond donors (Lipinski definition) is 2. The number of amides is 1. The maximum Gasteiger partial charge on any atom is 0.257 e.